The lowest BCUT2D eigenvalue weighted by Crippen LogP contribution is -2.26. The van der Waals surface area contributed by atoms with Crippen molar-refractivity contribution in [2.75, 3.05) is 11.9 Å². The maximum absolute atomic E-state index is 12.2. The third-order valence-corrected chi connectivity index (χ3v) is 2.88. The molecule has 0 N–H and O–H groups in total. The summed E-state index contributed by atoms with van der Waals surface area (Å²) < 4.78 is 0. The molecule has 0 unspecified atom stereocenters. The summed E-state index contributed by atoms with van der Waals surface area (Å²) in [5, 5.41) is 0.337. The molecule has 0 aliphatic heterocycles. The Morgan fingerprint density at radius 2 is 2.06 bits per heavy atom. The van der Waals surface area contributed by atoms with Gasteiger partial charge in [0.2, 0.25) is 0 Å². The molecule has 18 heavy (non-hydrogen) atoms. The van der Waals surface area contributed by atoms with Crippen LogP contribution in [0.1, 0.15) is 10.4 Å². The normalized spacial score (nSPS) is 10.2. The van der Waals surface area contributed by atoms with E-state index in [1.165, 1.54) is 11.0 Å². The minimum atomic E-state index is -0.267. The summed E-state index contributed by atoms with van der Waals surface area (Å²) in [6, 6.07) is 6.60. The average Bonchev–Trinajstić information content (AvgIpc) is 2.38. The molecule has 0 aliphatic carbocycles. The fraction of sp³-hybridized carbons (Fsp3) is 0.0833. The van der Waals surface area contributed by atoms with Crippen molar-refractivity contribution >= 4 is 34.8 Å². The largest absolute Gasteiger partial charge is 0.310 e. The van der Waals surface area contributed by atoms with Gasteiger partial charge in [0.1, 0.15) is 10.3 Å². The van der Waals surface area contributed by atoms with E-state index >= 15 is 0 Å². The fourth-order valence-corrected chi connectivity index (χ4v) is 1.85. The van der Waals surface area contributed by atoms with Crippen molar-refractivity contribution in [3.05, 3.63) is 52.5 Å². The van der Waals surface area contributed by atoms with Crippen LogP contribution in [0.3, 0.4) is 0 Å². The van der Waals surface area contributed by atoms with E-state index in [1.807, 2.05) is 0 Å². The smallest absolute Gasteiger partial charge is 0.261 e. The zero-order chi connectivity index (χ0) is 13.1. The molecule has 0 radical (unpaired) electrons. The molecular formula is C12H9Cl2N3O. The molecule has 2 heterocycles. The molecule has 2 rings (SSSR count). The van der Waals surface area contributed by atoms with Crippen LogP contribution in [-0.2, 0) is 0 Å². The standard InChI is InChI=1S/C12H9Cl2N3O/c1-17(8-3-2-6-15-7-8)12(18)9-4-5-10(13)16-11(9)14/h2-7H,1H3. The molecule has 6 heteroatoms. The lowest BCUT2D eigenvalue weighted by Gasteiger charge is -2.17. The lowest BCUT2D eigenvalue weighted by molar-refractivity contribution is 0.0993. The van der Waals surface area contributed by atoms with Gasteiger partial charge in [0.25, 0.3) is 5.91 Å². The highest BCUT2D eigenvalue weighted by Gasteiger charge is 2.17. The van der Waals surface area contributed by atoms with Crippen LogP contribution in [0.25, 0.3) is 0 Å². The molecule has 0 fully saturated rings. The molecule has 4 nitrogen and oxygen atoms in total. The molecule has 0 spiro atoms. The Labute approximate surface area is 114 Å². The first-order chi connectivity index (χ1) is 8.59. The minimum absolute atomic E-state index is 0.0863. The van der Waals surface area contributed by atoms with Crippen LogP contribution >= 0.6 is 23.2 Å². The Morgan fingerprint density at radius 3 is 2.67 bits per heavy atom. The van der Waals surface area contributed by atoms with Gasteiger partial charge < -0.3 is 4.90 Å². The second-order valence-corrected chi connectivity index (χ2v) is 4.29. The first-order valence-electron chi connectivity index (χ1n) is 5.09. The van der Waals surface area contributed by atoms with Crippen LogP contribution in [-0.4, -0.2) is 22.9 Å². The van der Waals surface area contributed by atoms with Crippen LogP contribution in [0.5, 0.6) is 0 Å². The van der Waals surface area contributed by atoms with Crippen molar-refractivity contribution < 1.29 is 4.79 Å². The maximum Gasteiger partial charge on any atom is 0.261 e. The molecule has 0 aliphatic rings. The minimum Gasteiger partial charge on any atom is -0.310 e. The molecule has 92 valence electrons. The van der Waals surface area contributed by atoms with Crippen molar-refractivity contribution in [3.8, 4) is 0 Å². The molecule has 0 atom stereocenters. The molecule has 0 saturated carbocycles. The van der Waals surface area contributed by atoms with Crippen molar-refractivity contribution in [2.45, 2.75) is 0 Å². The molecule has 2 aromatic rings. The highest BCUT2D eigenvalue weighted by molar-refractivity contribution is 6.35. The Morgan fingerprint density at radius 1 is 1.28 bits per heavy atom. The highest BCUT2D eigenvalue weighted by atomic mass is 35.5. The third kappa shape index (κ3) is 2.60. The average molecular weight is 282 g/mol. The Bertz CT molecular complexity index is 575. The van der Waals surface area contributed by atoms with E-state index in [2.05, 4.69) is 9.97 Å². The van der Waals surface area contributed by atoms with E-state index in [0.717, 1.165) is 0 Å². The second-order valence-electron chi connectivity index (χ2n) is 3.55. The van der Waals surface area contributed by atoms with Crippen molar-refractivity contribution in [3.63, 3.8) is 0 Å². The van der Waals surface area contributed by atoms with E-state index in [0.29, 0.717) is 11.3 Å². The number of pyridine rings is 2. The zero-order valence-electron chi connectivity index (χ0n) is 9.47. The van der Waals surface area contributed by atoms with E-state index < -0.39 is 0 Å². The second kappa shape index (κ2) is 5.33. The van der Waals surface area contributed by atoms with Gasteiger partial charge in [-0.15, -0.1) is 0 Å². The van der Waals surface area contributed by atoms with E-state index in [-0.39, 0.29) is 16.2 Å². The summed E-state index contributed by atoms with van der Waals surface area (Å²) >= 11 is 11.6. The van der Waals surface area contributed by atoms with Crippen molar-refractivity contribution in [1.29, 1.82) is 0 Å². The van der Waals surface area contributed by atoms with Crippen LogP contribution in [0.4, 0.5) is 5.69 Å². The Hall–Kier alpha value is -1.65. The zero-order valence-corrected chi connectivity index (χ0v) is 11.0. The van der Waals surface area contributed by atoms with Gasteiger partial charge in [-0.05, 0) is 24.3 Å². The Kier molecular flexibility index (Phi) is 3.79. The number of carbonyl (C=O) groups excluding carboxylic acids is 1. The topological polar surface area (TPSA) is 46.1 Å². The van der Waals surface area contributed by atoms with Gasteiger partial charge in [-0.25, -0.2) is 4.98 Å². The quantitative estimate of drug-likeness (QED) is 0.795. The predicted octanol–water partition coefficient (Wildman–Crippen LogP) is 3.06. The van der Waals surface area contributed by atoms with Crippen LogP contribution in [0, 0.1) is 0 Å². The van der Waals surface area contributed by atoms with Gasteiger partial charge >= 0.3 is 0 Å². The number of anilines is 1. The monoisotopic (exact) mass is 281 g/mol. The van der Waals surface area contributed by atoms with E-state index in [9.17, 15) is 4.79 Å². The van der Waals surface area contributed by atoms with E-state index in [1.54, 1.807) is 37.6 Å². The summed E-state index contributed by atoms with van der Waals surface area (Å²) in [4.78, 5) is 21.4. The number of halogens is 2. The fourth-order valence-electron chi connectivity index (χ4n) is 1.42. The van der Waals surface area contributed by atoms with Crippen LogP contribution in [0.2, 0.25) is 10.3 Å². The van der Waals surface area contributed by atoms with Gasteiger partial charge in [0, 0.05) is 13.2 Å². The van der Waals surface area contributed by atoms with Crippen LogP contribution < -0.4 is 4.90 Å². The van der Waals surface area contributed by atoms with Crippen LogP contribution in [0.15, 0.2) is 36.7 Å². The summed E-state index contributed by atoms with van der Waals surface area (Å²) in [5.41, 5.74) is 0.973. The Balaban J connectivity index is 2.32. The van der Waals surface area contributed by atoms with Gasteiger partial charge in [-0.2, -0.15) is 0 Å². The molecular weight excluding hydrogens is 273 g/mol. The number of aromatic nitrogens is 2. The maximum atomic E-state index is 12.2. The van der Waals surface area contributed by atoms with Gasteiger partial charge in [0.05, 0.1) is 17.4 Å². The lowest BCUT2D eigenvalue weighted by atomic mass is 10.2. The summed E-state index contributed by atoms with van der Waals surface area (Å²) in [7, 11) is 1.64. The number of hydrogen-bond acceptors (Lipinski definition) is 3. The number of rotatable bonds is 2. The van der Waals surface area contributed by atoms with Gasteiger partial charge in [-0.1, -0.05) is 23.2 Å². The molecule has 0 saturated heterocycles. The molecule has 1 amide bonds. The molecule has 0 aromatic carbocycles. The van der Waals surface area contributed by atoms with Crippen molar-refractivity contribution in [1.82, 2.24) is 9.97 Å². The first kappa shape index (κ1) is 12.8. The number of nitrogens with zero attached hydrogens (tertiary/aromatic N) is 3. The molecule has 2 aromatic heterocycles. The van der Waals surface area contributed by atoms with Gasteiger partial charge in [-0.3, -0.25) is 9.78 Å². The number of carbonyl (C=O) groups is 1. The number of hydrogen-bond donors (Lipinski definition) is 0. The SMILES string of the molecule is CN(C(=O)c1ccc(Cl)nc1Cl)c1cccnc1. The summed E-state index contributed by atoms with van der Waals surface area (Å²) in [6.45, 7) is 0. The van der Waals surface area contributed by atoms with Crippen molar-refractivity contribution in [2.24, 2.45) is 0 Å². The van der Waals surface area contributed by atoms with Gasteiger partial charge in [0.15, 0.2) is 0 Å². The summed E-state index contributed by atoms with van der Waals surface area (Å²) in [6.07, 6.45) is 3.23. The summed E-state index contributed by atoms with van der Waals surface area (Å²) in [5.74, 6) is -0.267. The van der Waals surface area contributed by atoms with E-state index in [4.69, 9.17) is 23.2 Å². The number of amides is 1. The first-order valence-corrected chi connectivity index (χ1v) is 5.85. The predicted molar refractivity (Wildman–Crippen MR) is 71.2 cm³/mol. The molecule has 0 bridgehead atoms. The third-order valence-electron chi connectivity index (χ3n) is 2.38. The highest BCUT2D eigenvalue weighted by Crippen LogP contribution is 2.20.